The van der Waals surface area contributed by atoms with Crippen LogP contribution in [-0.2, 0) is 7.05 Å². The molecule has 0 saturated carbocycles. The molecule has 1 fully saturated rings. The second kappa shape index (κ2) is 6.70. The van der Waals surface area contributed by atoms with Crippen LogP contribution in [0.5, 0.6) is 0 Å². The smallest absolute Gasteiger partial charge is 0.324 e. The fourth-order valence-electron chi connectivity index (χ4n) is 3.71. The van der Waals surface area contributed by atoms with E-state index in [1.165, 1.54) is 0 Å². The molecule has 4 aromatic rings. The van der Waals surface area contributed by atoms with E-state index in [-0.39, 0.29) is 6.03 Å². The number of amides is 2. The normalized spacial score (nSPS) is 14.2. The van der Waals surface area contributed by atoms with Gasteiger partial charge in [0.05, 0.1) is 23.1 Å². The lowest BCUT2D eigenvalue weighted by molar-refractivity contribution is 0.229. The van der Waals surface area contributed by atoms with E-state index in [0.29, 0.717) is 6.54 Å². The zero-order valence-corrected chi connectivity index (χ0v) is 16.3. The molecule has 0 N–H and O–H groups in total. The highest BCUT2D eigenvalue weighted by Crippen LogP contribution is 2.33. The van der Waals surface area contributed by atoms with Crippen molar-refractivity contribution in [3.05, 3.63) is 61.1 Å². The molecular weight excluding hydrogens is 364 g/mol. The maximum absolute atomic E-state index is 12.4. The molecule has 3 aromatic heterocycles. The number of hydrogen-bond acceptors (Lipinski definition) is 4. The number of urea groups is 1. The van der Waals surface area contributed by atoms with E-state index in [2.05, 4.69) is 16.1 Å². The molecule has 2 amide bonds. The molecule has 7 nitrogen and oxygen atoms in total. The van der Waals surface area contributed by atoms with E-state index >= 15 is 0 Å². The first-order valence-corrected chi connectivity index (χ1v) is 9.48. The van der Waals surface area contributed by atoms with Gasteiger partial charge in [-0.25, -0.2) is 9.78 Å². The van der Waals surface area contributed by atoms with Crippen molar-refractivity contribution in [1.29, 1.82) is 0 Å². The monoisotopic (exact) mass is 384 g/mol. The van der Waals surface area contributed by atoms with Crippen molar-refractivity contribution in [1.82, 2.24) is 24.6 Å². The highest BCUT2D eigenvalue weighted by atomic mass is 16.2. The maximum atomic E-state index is 12.4. The number of benzene rings is 1. The number of pyridine rings is 2. The number of likely N-dealkylation sites (N-methyl/N-ethyl adjacent to an activating group) is 1. The Morgan fingerprint density at radius 1 is 1.00 bits per heavy atom. The van der Waals surface area contributed by atoms with Crippen LogP contribution >= 0.6 is 0 Å². The Balaban J connectivity index is 1.71. The van der Waals surface area contributed by atoms with Gasteiger partial charge in [-0.3, -0.25) is 14.6 Å². The Morgan fingerprint density at radius 2 is 1.90 bits per heavy atom. The van der Waals surface area contributed by atoms with Crippen LogP contribution in [0.3, 0.4) is 0 Å². The minimum atomic E-state index is 0.0118. The van der Waals surface area contributed by atoms with E-state index in [0.717, 1.165) is 45.6 Å². The Bertz CT molecular complexity index is 1220. The van der Waals surface area contributed by atoms with Crippen molar-refractivity contribution in [3.63, 3.8) is 0 Å². The van der Waals surface area contributed by atoms with Gasteiger partial charge in [0.1, 0.15) is 0 Å². The van der Waals surface area contributed by atoms with Gasteiger partial charge in [-0.2, -0.15) is 5.10 Å². The zero-order valence-electron chi connectivity index (χ0n) is 16.3. The van der Waals surface area contributed by atoms with Gasteiger partial charge >= 0.3 is 6.03 Å². The molecule has 0 spiro atoms. The molecule has 0 unspecified atom stereocenters. The molecule has 0 aliphatic carbocycles. The summed E-state index contributed by atoms with van der Waals surface area (Å²) in [5.74, 6) is 0. The van der Waals surface area contributed by atoms with Crippen LogP contribution in [-0.4, -0.2) is 50.8 Å². The van der Waals surface area contributed by atoms with Crippen LogP contribution < -0.4 is 4.90 Å². The lowest BCUT2D eigenvalue weighted by Gasteiger charge is -2.17. The summed E-state index contributed by atoms with van der Waals surface area (Å²) in [6, 6.07) is 13.9. The zero-order chi connectivity index (χ0) is 20.0. The number of hydrogen-bond donors (Lipinski definition) is 0. The molecule has 29 heavy (non-hydrogen) atoms. The molecule has 1 aliphatic heterocycles. The van der Waals surface area contributed by atoms with Gasteiger partial charge in [0.25, 0.3) is 0 Å². The Hall–Kier alpha value is -3.74. The third kappa shape index (κ3) is 3.00. The van der Waals surface area contributed by atoms with Crippen molar-refractivity contribution in [2.24, 2.45) is 7.05 Å². The Morgan fingerprint density at radius 3 is 2.59 bits per heavy atom. The number of aromatic nitrogens is 4. The van der Waals surface area contributed by atoms with E-state index in [1.54, 1.807) is 26.9 Å². The molecule has 1 aliphatic rings. The molecular formula is C22H20N6O. The summed E-state index contributed by atoms with van der Waals surface area (Å²) in [7, 11) is 3.71. The summed E-state index contributed by atoms with van der Waals surface area (Å²) >= 11 is 0. The third-order valence-corrected chi connectivity index (χ3v) is 5.26. The summed E-state index contributed by atoms with van der Waals surface area (Å²) in [6.45, 7) is 1.40. The Kier molecular flexibility index (Phi) is 4.01. The van der Waals surface area contributed by atoms with Crippen molar-refractivity contribution < 1.29 is 4.79 Å². The number of nitrogens with zero attached hydrogens (tertiary/aromatic N) is 6. The van der Waals surface area contributed by atoms with Crippen LogP contribution in [0, 0.1) is 0 Å². The van der Waals surface area contributed by atoms with E-state index in [4.69, 9.17) is 4.98 Å². The van der Waals surface area contributed by atoms with Gasteiger partial charge in [0.2, 0.25) is 0 Å². The number of rotatable bonds is 3. The van der Waals surface area contributed by atoms with Crippen LogP contribution in [0.2, 0.25) is 0 Å². The molecule has 0 atom stereocenters. The van der Waals surface area contributed by atoms with Crippen LogP contribution in [0.15, 0.2) is 61.1 Å². The van der Waals surface area contributed by atoms with Crippen molar-refractivity contribution >= 4 is 22.6 Å². The molecule has 7 heteroatoms. The third-order valence-electron chi connectivity index (χ3n) is 5.26. The van der Waals surface area contributed by atoms with E-state index in [1.807, 2.05) is 56.7 Å². The average molecular weight is 384 g/mol. The molecule has 1 aromatic carbocycles. The lowest BCUT2D eigenvalue weighted by atomic mass is 10.0. The SMILES string of the molecule is CN1CCN(c2ccc3c(-c4ccccn4)cc(-c4cnn(C)c4)nc3c2)C1=O. The summed E-state index contributed by atoms with van der Waals surface area (Å²) in [5.41, 5.74) is 5.34. The maximum Gasteiger partial charge on any atom is 0.324 e. The summed E-state index contributed by atoms with van der Waals surface area (Å²) in [4.78, 5) is 25.4. The van der Waals surface area contributed by atoms with Crippen molar-refractivity contribution in [2.75, 3.05) is 25.0 Å². The van der Waals surface area contributed by atoms with Gasteiger partial charge in [-0.15, -0.1) is 0 Å². The van der Waals surface area contributed by atoms with E-state index < -0.39 is 0 Å². The minimum Gasteiger partial charge on any atom is -0.326 e. The van der Waals surface area contributed by atoms with E-state index in [9.17, 15) is 4.79 Å². The number of aryl methyl sites for hydroxylation is 1. The largest absolute Gasteiger partial charge is 0.326 e. The Labute approximate surface area is 168 Å². The van der Waals surface area contributed by atoms with Crippen molar-refractivity contribution in [2.45, 2.75) is 0 Å². The van der Waals surface area contributed by atoms with Gasteiger partial charge in [-0.05, 0) is 30.3 Å². The molecule has 0 bridgehead atoms. The first-order valence-electron chi connectivity index (χ1n) is 9.48. The van der Waals surface area contributed by atoms with Crippen LogP contribution in [0.4, 0.5) is 10.5 Å². The lowest BCUT2D eigenvalue weighted by Crippen LogP contribution is -2.29. The summed E-state index contributed by atoms with van der Waals surface area (Å²) in [5, 5.41) is 5.28. The molecule has 0 radical (unpaired) electrons. The highest BCUT2D eigenvalue weighted by molar-refractivity contribution is 6.00. The van der Waals surface area contributed by atoms with Crippen LogP contribution in [0.25, 0.3) is 33.4 Å². The number of carbonyl (C=O) groups excluding carboxylic acids is 1. The van der Waals surface area contributed by atoms with Gasteiger partial charge in [-0.1, -0.05) is 12.1 Å². The van der Waals surface area contributed by atoms with Gasteiger partial charge in [0.15, 0.2) is 0 Å². The summed E-state index contributed by atoms with van der Waals surface area (Å²) < 4.78 is 1.76. The second-order valence-corrected chi connectivity index (χ2v) is 7.23. The van der Waals surface area contributed by atoms with Gasteiger partial charge < -0.3 is 4.90 Å². The summed E-state index contributed by atoms with van der Waals surface area (Å²) in [6.07, 6.45) is 5.54. The minimum absolute atomic E-state index is 0.0118. The second-order valence-electron chi connectivity index (χ2n) is 7.23. The quantitative estimate of drug-likeness (QED) is 0.542. The highest BCUT2D eigenvalue weighted by Gasteiger charge is 2.27. The first kappa shape index (κ1) is 17.4. The fraction of sp³-hybridized carbons (Fsp3) is 0.182. The molecule has 4 heterocycles. The van der Waals surface area contributed by atoms with Gasteiger partial charge in [0, 0.05) is 61.8 Å². The number of fused-ring (bicyclic) bond motifs is 1. The standard InChI is InChI=1S/C22H20N6O/c1-26-9-10-28(22(26)29)16-6-7-17-18(19-5-3-4-8-23-19)12-20(25-21(17)11-16)15-13-24-27(2)14-15/h3-8,11-14H,9-10H2,1-2H3. The predicted octanol–water partition coefficient (Wildman–Crippen LogP) is 3.57. The molecule has 5 rings (SSSR count). The fourth-order valence-corrected chi connectivity index (χ4v) is 3.71. The van der Waals surface area contributed by atoms with Crippen LogP contribution in [0.1, 0.15) is 0 Å². The molecule has 144 valence electrons. The van der Waals surface area contributed by atoms with Crippen molar-refractivity contribution in [3.8, 4) is 22.5 Å². The predicted molar refractivity (Wildman–Crippen MR) is 113 cm³/mol. The number of anilines is 1. The number of carbonyl (C=O) groups is 1. The molecule has 1 saturated heterocycles. The topological polar surface area (TPSA) is 67.2 Å². The average Bonchev–Trinajstić information content (AvgIpc) is 3.33. The first-order chi connectivity index (χ1) is 14.1.